The number of carbonyl (C=O) groups is 2. The van der Waals surface area contributed by atoms with Crippen molar-refractivity contribution >= 4 is 32.6 Å². The molecule has 1 aromatic heterocycles. The molecule has 1 unspecified atom stereocenters. The highest BCUT2D eigenvalue weighted by Crippen LogP contribution is 2.34. The molecule has 1 atom stereocenters. The van der Waals surface area contributed by atoms with Crippen LogP contribution in [-0.4, -0.2) is 30.1 Å². The number of fused-ring (bicyclic) bond motifs is 3. The van der Waals surface area contributed by atoms with Crippen molar-refractivity contribution in [2.75, 3.05) is 0 Å². The third-order valence-corrected chi connectivity index (χ3v) is 7.22. The zero-order valence-electron chi connectivity index (χ0n) is 16.4. The van der Waals surface area contributed by atoms with Crippen LogP contribution in [0.25, 0.3) is 11.0 Å². The zero-order valence-corrected chi connectivity index (χ0v) is 17.2. The number of H-pyrrole nitrogens is 1. The van der Waals surface area contributed by atoms with E-state index in [-0.39, 0.29) is 32.3 Å². The normalized spacial score (nSPS) is 15.2. The molecule has 1 aliphatic rings. The fourth-order valence-corrected chi connectivity index (χ4v) is 5.43. The average Bonchev–Trinajstić information content (AvgIpc) is 3.22. The molecule has 0 aliphatic carbocycles. The van der Waals surface area contributed by atoms with Crippen molar-refractivity contribution in [2.24, 2.45) is 0 Å². The van der Waals surface area contributed by atoms with Gasteiger partial charge in [0.05, 0.1) is 26.9 Å². The first kappa shape index (κ1) is 19.2. The van der Waals surface area contributed by atoms with Gasteiger partial charge in [-0.15, -0.1) is 0 Å². The Hall–Kier alpha value is -3.78. The van der Waals surface area contributed by atoms with E-state index in [9.17, 15) is 18.0 Å². The number of aromatic nitrogens is 2. The molecule has 2 N–H and O–H groups in total. The lowest BCUT2D eigenvalue weighted by molar-refractivity contribution is 0.0936. The predicted octanol–water partition coefficient (Wildman–Crippen LogP) is 3.43. The second-order valence-electron chi connectivity index (χ2n) is 7.37. The maximum atomic E-state index is 13.1. The summed E-state index contributed by atoms with van der Waals surface area (Å²) in [6, 6.07) is 17.3. The zero-order chi connectivity index (χ0) is 21.8. The Morgan fingerprint density at radius 3 is 2.48 bits per heavy atom. The third-order valence-electron chi connectivity index (χ3n) is 5.36. The van der Waals surface area contributed by atoms with Gasteiger partial charge >= 0.3 is 0 Å². The summed E-state index contributed by atoms with van der Waals surface area (Å²) in [5.41, 5.74) is 2.01. The van der Waals surface area contributed by atoms with Crippen molar-refractivity contribution in [3.8, 4) is 0 Å². The molecule has 0 saturated carbocycles. The molecule has 154 valence electrons. The molecule has 0 spiro atoms. The highest BCUT2D eigenvalue weighted by Gasteiger charge is 2.35. The lowest BCUT2D eigenvalue weighted by Crippen LogP contribution is -2.28. The monoisotopic (exact) mass is 431 g/mol. The Morgan fingerprint density at radius 2 is 1.68 bits per heavy atom. The summed E-state index contributed by atoms with van der Waals surface area (Å²) in [5, 5.41) is 2.83. The number of sulfone groups is 1. The number of nitrogens with zero attached hydrogens (tertiary/aromatic N) is 1. The molecule has 1 amide bonds. The number of benzene rings is 3. The number of ketones is 1. The SMILES string of the molecule is CC(NC(=O)c1ccc2c(c1)S(=O)(=O)c1ccccc1C2=O)c1nc2ccccc2[nH]1. The highest BCUT2D eigenvalue weighted by molar-refractivity contribution is 7.91. The van der Waals surface area contributed by atoms with E-state index < -0.39 is 21.8 Å². The fraction of sp³-hybridized carbons (Fsp3) is 0.0870. The number of imidazole rings is 1. The lowest BCUT2D eigenvalue weighted by Gasteiger charge is -2.19. The largest absolute Gasteiger partial charge is 0.342 e. The summed E-state index contributed by atoms with van der Waals surface area (Å²) in [5.74, 6) is -0.246. The average molecular weight is 431 g/mol. The van der Waals surface area contributed by atoms with Crippen LogP contribution < -0.4 is 5.32 Å². The van der Waals surface area contributed by atoms with E-state index in [0.29, 0.717) is 5.82 Å². The summed E-state index contributed by atoms with van der Waals surface area (Å²) in [6.07, 6.45) is 0. The minimum absolute atomic E-state index is 0.0410. The molecule has 7 nitrogen and oxygen atoms in total. The Morgan fingerprint density at radius 1 is 0.968 bits per heavy atom. The first-order chi connectivity index (χ1) is 14.9. The maximum Gasteiger partial charge on any atom is 0.251 e. The third kappa shape index (κ3) is 3.03. The van der Waals surface area contributed by atoms with Crippen LogP contribution in [0.5, 0.6) is 0 Å². The Kier molecular flexibility index (Phi) is 4.26. The van der Waals surface area contributed by atoms with Crippen LogP contribution in [0.15, 0.2) is 76.5 Å². The minimum atomic E-state index is -3.91. The second kappa shape index (κ2) is 6.88. The van der Waals surface area contributed by atoms with Gasteiger partial charge < -0.3 is 10.3 Å². The highest BCUT2D eigenvalue weighted by atomic mass is 32.2. The molecule has 8 heteroatoms. The van der Waals surface area contributed by atoms with Crippen molar-refractivity contribution in [3.63, 3.8) is 0 Å². The number of rotatable bonds is 3. The summed E-state index contributed by atoms with van der Waals surface area (Å²) in [7, 11) is -3.91. The smallest absolute Gasteiger partial charge is 0.251 e. The van der Waals surface area contributed by atoms with Gasteiger partial charge in [0.25, 0.3) is 5.91 Å². The molecule has 4 aromatic rings. The van der Waals surface area contributed by atoms with Crippen LogP contribution in [0.1, 0.15) is 45.1 Å². The summed E-state index contributed by atoms with van der Waals surface area (Å²) < 4.78 is 26.1. The van der Waals surface area contributed by atoms with Crippen molar-refractivity contribution in [3.05, 3.63) is 89.2 Å². The summed E-state index contributed by atoms with van der Waals surface area (Å²) >= 11 is 0. The summed E-state index contributed by atoms with van der Waals surface area (Å²) in [4.78, 5) is 33.0. The standard InChI is InChI=1S/C23H17N3O4S/c1-13(22-25-17-7-3-4-8-18(17)26-22)24-23(28)14-10-11-16-20(12-14)31(29,30)19-9-5-2-6-15(19)21(16)27/h2-13H,1H3,(H,24,28)(H,25,26). The molecular weight excluding hydrogens is 414 g/mol. The van der Waals surface area contributed by atoms with Crippen molar-refractivity contribution < 1.29 is 18.0 Å². The van der Waals surface area contributed by atoms with Crippen molar-refractivity contribution in [1.82, 2.24) is 15.3 Å². The first-order valence-corrected chi connectivity index (χ1v) is 11.1. The first-order valence-electron chi connectivity index (χ1n) is 9.64. The molecular formula is C23H17N3O4S. The lowest BCUT2D eigenvalue weighted by atomic mass is 10.0. The number of carbonyl (C=O) groups excluding carboxylic acids is 2. The Balaban J connectivity index is 1.47. The Labute approximate surface area is 178 Å². The molecule has 3 aromatic carbocycles. The van der Waals surface area contributed by atoms with Gasteiger partial charge in [0.15, 0.2) is 5.78 Å². The molecule has 2 heterocycles. The van der Waals surface area contributed by atoms with Gasteiger partial charge in [-0.25, -0.2) is 13.4 Å². The van der Waals surface area contributed by atoms with Crippen LogP contribution in [0.2, 0.25) is 0 Å². The van der Waals surface area contributed by atoms with Crippen LogP contribution in [0, 0.1) is 0 Å². The number of hydrogen-bond acceptors (Lipinski definition) is 5. The van der Waals surface area contributed by atoms with Gasteiger partial charge in [0, 0.05) is 16.7 Å². The number of aromatic amines is 1. The van der Waals surface area contributed by atoms with Crippen LogP contribution in [0.4, 0.5) is 0 Å². The summed E-state index contributed by atoms with van der Waals surface area (Å²) in [6.45, 7) is 1.78. The molecule has 0 saturated heterocycles. The van der Waals surface area contributed by atoms with Crippen molar-refractivity contribution in [2.45, 2.75) is 22.8 Å². The molecule has 0 fully saturated rings. The maximum absolute atomic E-state index is 13.1. The van der Waals surface area contributed by atoms with Gasteiger partial charge in [0.2, 0.25) is 9.84 Å². The number of hydrogen-bond donors (Lipinski definition) is 2. The Bertz CT molecular complexity index is 1450. The van der Waals surface area contributed by atoms with E-state index in [2.05, 4.69) is 15.3 Å². The van der Waals surface area contributed by atoms with Gasteiger partial charge in [-0.2, -0.15) is 0 Å². The number of para-hydroxylation sites is 2. The quantitative estimate of drug-likeness (QED) is 0.455. The van der Waals surface area contributed by atoms with E-state index >= 15 is 0 Å². The second-order valence-corrected chi connectivity index (χ2v) is 9.26. The van der Waals surface area contributed by atoms with E-state index in [0.717, 1.165) is 11.0 Å². The number of amides is 1. The van der Waals surface area contributed by atoms with Gasteiger partial charge in [-0.3, -0.25) is 9.59 Å². The van der Waals surface area contributed by atoms with Crippen LogP contribution in [0.3, 0.4) is 0 Å². The van der Waals surface area contributed by atoms with Gasteiger partial charge in [0.1, 0.15) is 5.82 Å². The molecule has 1 aliphatic heterocycles. The van der Waals surface area contributed by atoms with Gasteiger partial charge in [-0.05, 0) is 49.4 Å². The fourth-order valence-electron chi connectivity index (χ4n) is 3.75. The van der Waals surface area contributed by atoms with Crippen LogP contribution >= 0.6 is 0 Å². The van der Waals surface area contributed by atoms with E-state index in [4.69, 9.17) is 0 Å². The topological polar surface area (TPSA) is 109 Å². The van der Waals surface area contributed by atoms with E-state index in [1.54, 1.807) is 19.1 Å². The predicted molar refractivity (Wildman–Crippen MR) is 114 cm³/mol. The molecule has 31 heavy (non-hydrogen) atoms. The molecule has 5 rings (SSSR count). The van der Waals surface area contributed by atoms with Gasteiger partial charge in [-0.1, -0.05) is 24.3 Å². The van der Waals surface area contributed by atoms with Crippen LogP contribution in [-0.2, 0) is 9.84 Å². The molecule has 0 radical (unpaired) electrons. The van der Waals surface area contributed by atoms with Crippen molar-refractivity contribution in [1.29, 1.82) is 0 Å². The molecule has 0 bridgehead atoms. The minimum Gasteiger partial charge on any atom is -0.342 e. The number of nitrogens with one attached hydrogen (secondary N) is 2. The van der Waals surface area contributed by atoms with E-state index in [1.807, 2.05) is 24.3 Å². The van der Waals surface area contributed by atoms with E-state index in [1.165, 1.54) is 30.3 Å².